The van der Waals surface area contributed by atoms with Crippen molar-refractivity contribution in [2.45, 2.75) is 32.7 Å². The molecule has 2 unspecified atom stereocenters. The van der Waals surface area contributed by atoms with Crippen LogP contribution < -0.4 is 11.3 Å². The van der Waals surface area contributed by atoms with E-state index in [0.717, 1.165) is 11.7 Å². The predicted octanol–water partition coefficient (Wildman–Crippen LogP) is 1.62. The molecule has 2 nitrogen and oxygen atoms in total. The Balaban J connectivity index is 3.49. The number of hydrazine groups is 1. The molecule has 0 amide bonds. The Bertz CT molecular complexity index is 88.2. The van der Waals surface area contributed by atoms with E-state index < -0.39 is 0 Å². The van der Waals surface area contributed by atoms with Gasteiger partial charge in [-0.2, -0.15) is 11.8 Å². The molecule has 0 spiro atoms. The zero-order valence-electron chi connectivity index (χ0n) is 7.76. The zero-order chi connectivity index (χ0) is 8.69. The minimum Gasteiger partial charge on any atom is -0.271 e. The van der Waals surface area contributed by atoms with Crippen molar-refractivity contribution in [2.75, 3.05) is 12.0 Å². The summed E-state index contributed by atoms with van der Waals surface area (Å²) in [7, 11) is 0. The van der Waals surface area contributed by atoms with Crippen LogP contribution in [0, 0.1) is 5.92 Å². The van der Waals surface area contributed by atoms with Gasteiger partial charge in [0.15, 0.2) is 0 Å². The summed E-state index contributed by atoms with van der Waals surface area (Å²) in [6.07, 6.45) is 4.54. The van der Waals surface area contributed by atoms with Gasteiger partial charge >= 0.3 is 0 Å². The fraction of sp³-hybridized carbons (Fsp3) is 1.00. The SMILES string of the molecule is CCC(C)CC(CSC)NN. The van der Waals surface area contributed by atoms with Crippen molar-refractivity contribution in [3.63, 3.8) is 0 Å². The molecular formula is C8H20N2S. The number of rotatable bonds is 6. The highest BCUT2D eigenvalue weighted by Gasteiger charge is 2.08. The van der Waals surface area contributed by atoms with E-state index in [4.69, 9.17) is 5.84 Å². The lowest BCUT2D eigenvalue weighted by atomic mass is 10.0. The summed E-state index contributed by atoms with van der Waals surface area (Å²) in [5.41, 5.74) is 2.85. The molecule has 0 aliphatic rings. The van der Waals surface area contributed by atoms with Crippen LogP contribution in [-0.4, -0.2) is 18.1 Å². The first-order valence-electron chi connectivity index (χ1n) is 4.19. The first kappa shape index (κ1) is 11.3. The van der Waals surface area contributed by atoms with Crippen molar-refractivity contribution in [1.82, 2.24) is 5.43 Å². The molecule has 0 saturated heterocycles. The van der Waals surface area contributed by atoms with Gasteiger partial charge in [0.1, 0.15) is 0 Å². The van der Waals surface area contributed by atoms with Crippen molar-refractivity contribution in [1.29, 1.82) is 0 Å². The summed E-state index contributed by atoms with van der Waals surface area (Å²) >= 11 is 1.84. The number of hydrogen-bond acceptors (Lipinski definition) is 3. The van der Waals surface area contributed by atoms with Crippen molar-refractivity contribution >= 4 is 11.8 Å². The van der Waals surface area contributed by atoms with Gasteiger partial charge in [0.2, 0.25) is 0 Å². The summed E-state index contributed by atoms with van der Waals surface area (Å²) in [6.45, 7) is 4.49. The van der Waals surface area contributed by atoms with Crippen LogP contribution in [0.4, 0.5) is 0 Å². The van der Waals surface area contributed by atoms with E-state index in [-0.39, 0.29) is 0 Å². The molecule has 0 rings (SSSR count). The lowest BCUT2D eigenvalue weighted by Crippen LogP contribution is -2.38. The van der Waals surface area contributed by atoms with E-state index in [9.17, 15) is 0 Å². The van der Waals surface area contributed by atoms with Gasteiger partial charge in [0, 0.05) is 11.8 Å². The van der Waals surface area contributed by atoms with E-state index in [2.05, 4.69) is 25.5 Å². The third kappa shape index (κ3) is 5.53. The molecule has 0 radical (unpaired) electrons. The van der Waals surface area contributed by atoms with Crippen LogP contribution in [-0.2, 0) is 0 Å². The maximum absolute atomic E-state index is 5.40. The molecule has 0 aromatic heterocycles. The lowest BCUT2D eigenvalue weighted by Gasteiger charge is -2.17. The fourth-order valence-corrected chi connectivity index (χ4v) is 1.67. The van der Waals surface area contributed by atoms with Crippen molar-refractivity contribution < 1.29 is 0 Å². The average Bonchev–Trinajstić information content (AvgIpc) is 2.03. The Morgan fingerprint density at radius 1 is 1.55 bits per heavy atom. The minimum absolute atomic E-state index is 0.486. The Hall–Kier alpha value is 0.270. The van der Waals surface area contributed by atoms with E-state index in [1.54, 1.807) is 0 Å². The molecule has 0 bridgehead atoms. The van der Waals surface area contributed by atoms with Gasteiger partial charge in [-0.3, -0.25) is 11.3 Å². The van der Waals surface area contributed by atoms with Crippen molar-refractivity contribution in [3.05, 3.63) is 0 Å². The van der Waals surface area contributed by atoms with Crippen LogP contribution in [0.3, 0.4) is 0 Å². The molecule has 0 aliphatic heterocycles. The number of thioether (sulfide) groups is 1. The Labute approximate surface area is 74.3 Å². The molecular weight excluding hydrogens is 156 g/mol. The molecule has 0 aromatic rings. The number of hydrogen-bond donors (Lipinski definition) is 2. The third-order valence-corrected chi connectivity index (χ3v) is 2.72. The molecule has 68 valence electrons. The summed E-state index contributed by atoms with van der Waals surface area (Å²) in [5, 5.41) is 0. The normalized spacial score (nSPS) is 16.4. The van der Waals surface area contributed by atoms with Gasteiger partial charge in [0.25, 0.3) is 0 Å². The second-order valence-electron chi connectivity index (χ2n) is 3.07. The number of nitrogens with one attached hydrogen (secondary N) is 1. The lowest BCUT2D eigenvalue weighted by molar-refractivity contribution is 0.423. The molecule has 0 aliphatic carbocycles. The van der Waals surface area contributed by atoms with Gasteiger partial charge in [-0.15, -0.1) is 0 Å². The van der Waals surface area contributed by atoms with Gasteiger partial charge in [0.05, 0.1) is 0 Å². The van der Waals surface area contributed by atoms with Crippen LogP contribution in [0.1, 0.15) is 26.7 Å². The van der Waals surface area contributed by atoms with Crippen LogP contribution in [0.2, 0.25) is 0 Å². The van der Waals surface area contributed by atoms with E-state index >= 15 is 0 Å². The van der Waals surface area contributed by atoms with Gasteiger partial charge < -0.3 is 0 Å². The van der Waals surface area contributed by atoms with Gasteiger partial charge in [-0.25, -0.2) is 0 Å². The second-order valence-corrected chi connectivity index (χ2v) is 3.98. The molecule has 0 aromatic carbocycles. The Kier molecular flexibility index (Phi) is 7.12. The quantitative estimate of drug-likeness (QED) is 0.477. The summed E-state index contributed by atoms with van der Waals surface area (Å²) < 4.78 is 0. The predicted molar refractivity (Wildman–Crippen MR) is 53.6 cm³/mol. The second kappa shape index (κ2) is 6.95. The maximum Gasteiger partial charge on any atom is 0.0303 e. The van der Waals surface area contributed by atoms with Crippen molar-refractivity contribution in [2.24, 2.45) is 11.8 Å². The smallest absolute Gasteiger partial charge is 0.0303 e. The maximum atomic E-state index is 5.40. The van der Waals surface area contributed by atoms with Crippen LogP contribution >= 0.6 is 11.8 Å². The topological polar surface area (TPSA) is 38.0 Å². The molecule has 0 fully saturated rings. The van der Waals surface area contributed by atoms with E-state index in [1.807, 2.05) is 11.8 Å². The molecule has 3 heteroatoms. The van der Waals surface area contributed by atoms with Crippen molar-refractivity contribution in [3.8, 4) is 0 Å². The van der Waals surface area contributed by atoms with E-state index in [0.29, 0.717) is 6.04 Å². The van der Waals surface area contributed by atoms with Crippen LogP contribution in [0.5, 0.6) is 0 Å². The summed E-state index contributed by atoms with van der Waals surface area (Å²) in [6, 6.07) is 0.486. The highest BCUT2D eigenvalue weighted by Crippen LogP contribution is 2.11. The highest BCUT2D eigenvalue weighted by molar-refractivity contribution is 7.98. The third-order valence-electron chi connectivity index (χ3n) is 1.99. The largest absolute Gasteiger partial charge is 0.271 e. The molecule has 0 heterocycles. The van der Waals surface area contributed by atoms with Crippen LogP contribution in [0.15, 0.2) is 0 Å². The minimum atomic E-state index is 0.486. The Morgan fingerprint density at radius 2 is 2.18 bits per heavy atom. The fourth-order valence-electron chi connectivity index (χ4n) is 1.04. The van der Waals surface area contributed by atoms with E-state index in [1.165, 1.54) is 12.8 Å². The van der Waals surface area contributed by atoms with Gasteiger partial charge in [-0.1, -0.05) is 20.3 Å². The highest BCUT2D eigenvalue weighted by atomic mass is 32.2. The average molecular weight is 176 g/mol. The van der Waals surface area contributed by atoms with Gasteiger partial charge in [-0.05, 0) is 18.6 Å². The first-order chi connectivity index (χ1) is 5.24. The summed E-state index contributed by atoms with van der Waals surface area (Å²) in [5.74, 6) is 7.29. The molecule has 0 saturated carbocycles. The first-order valence-corrected chi connectivity index (χ1v) is 5.59. The number of nitrogens with two attached hydrogens (primary N) is 1. The molecule has 3 N–H and O–H groups in total. The molecule has 11 heavy (non-hydrogen) atoms. The molecule has 2 atom stereocenters. The Morgan fingerprint density at radius 3 is 2.55 bits per heavy atom. The summed E-state index contributed by atoms with van der Waals surface area (Å²) in [4.78, 5) is 0. The zero-order valence-corrected chi connectivity index (χ0v) is 8.58. The standard InChI is InChI=1S/C8H20N2S/c1-4-7(2)5-8(10-9)6-11-3/h7-8,10H,4-6,9H2,1-3H3. The van der Waals surface area contributed by atoms with Crippen LogP contribution in [0.25, 0.3) is 0 Å². The monoisotopic (exact) mass is 176 g/mol.